The Balaban J connectivity index is 1.88. The van der Waals surface area contributed by atoms with Gasteiger partial charge in [0.15, 0.2) is 11.5 Å². The first-order chi connectivity index (χ1) is 12.2. The molecule has 2 aromatic carbocycles. The predicted octanol–water partition coefficient (Wildman–Crippen LogP) is 3.32. The van der Waals surface area contributed by atoms with Crippen LogP contribution in [-0.4, -0.2) is 33.8 Å². The molecule has 1 aliphatic rings. The highest BCUT2D eigenvalue weighted by Crippen LogP contribution is 2.35. The Labute approximate surface area is 147 Å². The summed E-state index contributed by atoms with van der Waals surface area (Å²) in [5.74, 6) is 1.15. The summed E-state index contributed by atoms with van der Waals surface area (Å²) in [5.41, 5.74) is 3.48. The van der Waals surface area contributed by atoms with Crippen LogP contribution in [0.2, 0.25) is 0 Å². The second kappa shape index (κ2) is 7.34. The number of amides is 1. The molecule has 0 spiro atoms. The van der Waals surface area contributed by atoms with Crippen molar-refractivity contribution in [2.75, 3.05) is 38.5 Å². The number of benzene rings is 2. The number of fused-ring (bicyclic) bond motifs is 1. The van der Waals surface area contributed by atoms with Crippen molar-refractivity contribution < 1.29 is 19.0 Å². The fraction of sp³-hybridized carbons (Fsp3) is 0.316. The molecule has 132 valence electrons. The minimum atomic E-state index is -0.262. The third-order valence-corrected chi connectivity index (χ3v) is 4.25. The summed E-state index contributed by atoms with van der Waals surface area (Å²) in [5, 5.41) is 6.29. The summed E-state index contributed by atoms with van der Waals surface area (Å²) >= 11 is 0. The lowest BCUT2D eigenvalue weighted by Crippen LogP contribution is -2.15. The summed E-state index contributed by atoms with van der Waals surface area (Å²) in [6.45, 7) is 0.988. The summed E-state index contributed by atoms with van der Waals surface area (Å²) in [7, 11) is 4.59. The number of hydrogen-bond acceptors (Lipinski definition) is 5. The van der Waals surface area contributed by atoms with Crippen LogP contribution in [0.15, 0.2) is 30.3 Å². The molecule has 6 nitrogen and oxygen atoms in total. The first kappa shape index (κ1) is 17.0. The molecule has 0 aromatic heterocycles. The third-order valence-electron chi connectivity index (χ3n) is 4.25. The average molecular weight is 342 g/mol. The van der Waals surface area contributed by atoms with E-state index in [2.05, 4.69) is 10.6 Å². The van der Waals surface area contributed by atoms with E-state index in [0.717, 1.165) is 30.8 Å². The van der Waals surface area contributed by atoms with Gasteiger partial charge in [-0.2, -0.15) is 0 Å². The number of carbonyl (C=O) groups is 1. The van der Waals surface area contributed by atoms with E-state index in [1.165, 1.54) is 26.9 Å². The van der Waals surface area contributed by atoms with Crippen molar-refractivity contribution in [3.05, 3.63) is 41.5 Å². The van der Waals surface area contributed by atoms with E-state index in [9.17, 15) is 4.79 Å². The zero-order chi connectivity index (χ0) is 17.8. The van der Waals surface area contributed by atoms with E-state index in [1.54, 1.807) is 12.1 Å². The van der Waals surface area contributed by atoms with Crippen molar-refractivity contribution in [1.29, 1.82) is 0 Å². The molecule has 0 saturated heterocycles. The van der Waals surface area contributed by atoms with Gasteiger partial charge in [0, 0.05) is 30.1 Å². The van der Waals surface area contributed by atoms with Crippen LogP contribution in [0, 0.1) is 0 Å². The summed E-state index contributed by atoms with van der Waals surface area (Å²) in [6, 6.07) is 9.16. The maximum Gasteiger partial charge on any atom is 0.259 e. The van der Waals surface area contributed by atoms with Crippen molar-refractivity contribution >= 4 is 17.3 Å². The van der Waals surface area contributed by atoms with E-state index in [4.69, 9.17) is 14.2 Å². The van der Waals surface area contributed by atoms with Crippen LogP contribution in [0.4, 0.5) is 11.4 Å². The van der Waals surface area contributed by atoms with Crippen molar-refractivity contribution in [2.24, 2.45) is 0 Å². The fourth-order valence-electron chi connectivity index (χ4n) is 2.96. The van der Waals surface area contributed by atoms with E-state index < -0.39 is 0 Å². The number of ether oxygens (including phenoxy) is 3. The molecule has 0 bridgehead atoms. The zero-order valence-electron chi connectivity index (χ0n) is 14.6. The van der Waals surface area contributed by atoms with Crippen LogP contribution in [0.5, 0.6) is 17.2 Å². The summed E-state index contributed by atoms with van der Waals surface area (Å²) < 4.78 is 15.9. The standard InChI is InChI=1S/C19H22N2O4/c1-23-16-11-18(25-3)17(24-2)10-14(16)19(22)21-13-6-7-15-12(9-13)5-4-8-20-15/h6-7,9-11,20H,4-5,8H2,1-3H3,(H,21,22). The first-order valence-electron chi connectivity index (χ1n) is 8.14. The number of aryl methyl sites for hydroxylation is 1. The highest BCUT2D eigenvalue weighted by molar-refractivity contribution is 6.06. The Bertz CT molecular complexity index is 789. The van der Waals surface area contributed by atoms with Gasteiger partial charge in [0.2, 0.25) is 0 Å². The van der Waals surface area contributed by atoms with Crippen molar-refractivity contribution in [1.82, 2.24) is 0 Å². The monoisotopic (exact) mass is 342 g/mol. The maximum atomic E-state index is 12.7. The highest BCUT2D eigenvalue weighted by Gasteiger charge is 2.18. The Morgan fingerprint density at radius 3 is 2.44 bits per heavy atom. The molecule has 1 aliphatic heterocycles. The van der Waals surface area contributed by atoms with Crippen molar-refractivity contribution in [2.45, 2.75) is 12.8 Å². The van der Waals surface area contributed by atoms with Crippen molar-refractivity contribution in [3.63, 3.8) is 0 Å². The van der Waals surface area contributed by atoms with E-state index in [-0.39, 0.29) is 5.91 Å². The van der Waals surface area contributed by atoms with Gasteiger partial charge in [-0.05, 0) is 36.6 Å². The molecular formula is C19H22N2O4. The van der Waals surface area contributed by atoms with Gasteiger partial charge in [-0.15, -0.1) is 0 Å². The van der Waals surface area contributed by atoms with Gasteiger partial charge in [0.05, 0.1) is 26.9 Å². The first-order valence-corrected chi connectivity index (χ1v) is 8.14. The Kier molecular flexibility index (Phi) is 4.97. The molecule has 0 unspecified atom stereocenters. The molecule has 6 heteroatoms. The quantitative estimate of drug-likeness (QED) is 0.872. The number of anilines is 2. The summed E-state index contributed by atoms with van der Waals surface area (Å²) in [4.78, 5) is 12.7. The average Bonchev–Trinajstić information content (AvgIpc) is 2.66. The number of methoxy groups -OCH3 is 3. The van der Waals surface area contributed by atoms with Gasteiger partial charge in [-0.3, -0.25) is 4.79 Å². The maximum absolute atomic E-state index is 12.7. The fourth-order valence-corrected chi connectivity index (χ4v) is 2.96. The van der Waals surface area contributed by atoms with E-state index in [1.807, 2.05) is 18.2 Å². The Morgan fingerprint density at radius 1 is 1.00 bits per heavy atom. The topological polar surface area (TPSA) is 68.8 Å². The minimum Gasteiger partial charge on any atom is -0.496 e. The van der Waals surface area contributed by atoms with Gasteiger partial charge >= 0.3 is 0 Å². The van der Waals surface area contributed by atoms with Crippen LogP contribution in [0.25, 0.3) is 0 Å². The molecule has 0 aliphatic carbocycles. The number of hydrogen-bond donors (Lipinski definition) is 2. The van der Waals surface area contributed by atoms with E-state index >= 15 is 0 Å². The molecule has 3 rings (SSSR count). The molecule has 1 heterocycles. The molecule has 0 radical (unpaired) electrons. The van der Waals surface area contributed by atoms with Crippen LogP contribution in [-0.2, 0) is 6.42 Å². The number of rotatable bonds is 5. The lowest BCUT2D eigenvalue weighted by atomic mass is 10.0. The normalized spacial score (nSPS) is 12.6. The Hall–Kier alpha value is -2.89. The van der Waals surface area contributed by atoms with Crippen LogP contribution in [0.1, 0.15) is 22.3 Å². The molecule has 0 saturated carbocycles. The largest absolute Gasteiger partial charge is 0.496 e. The number of carbonyl (C=O) groups excluding carboxylic acids is 1. The predicted molar refractivity (Wildman–Crippen MR) is 97.3 cm³/mol. The molecule has 2 aromatic rings. The number of nitrogens with one attached hydrogen (secondary N) is 2. The van der Waals surface area contributed by atoms with Crippen LogP contribution in [0.3, 0.4) is 0 Å². The second-order valence-corrected chi connectivity index (χ2v) is 5.76. The lowest BCUT2D eigenvalue weighted by molar-refractivity contribution is 0.102. The molecule has 0 fully saturated rings. The highest BCUT2D eigenvalue weighted by atomic mass is 16.5. The van der Waals surface area contributed by atoms with Gasteiger partial charge < -0.3 is 24.8 Å². The summed E-state index contributed by atoms with van der Waals surface area (Å²) in [6.07, 6.45) is 2.10. The molecule has 0 atom stereocenters. The van der Waals surface area contributed by atoms with Gasteiger partial charge in [0.1, 0.15) is 5.75 Å². The molecular weight excluding hydrogens is 320 g/mol. The third kappa shape index (κ3) is 3.47. The molecule has 2 N–H and O–H groups in total. The second-order valence-electron chi connectivity index (χ2n) is 5.76. The minimum absolute atomic E-state index is 0.262. The van der Waals surface area contributed by atoms with E-state index in [0.29, 0.717) is 22.8 Å². The lowest BCUT2D eigenvalue weighted by Gasteiger charge is -2.19. The zero-order valence-corrected chi connectivity index (χ0v) is 14.6. The van der Waals surface area contributed by atoms with Crippen LogP contribution < -0.4 is 24.8 Å². The van der Waals surface area contributed by atoms with Gasteiger partial charge in [0.25, 0.3) is 5.91 Å². The SMILES string of the molecule is COc1cc(OC)c(C(=O)Nc2ccc3c(c2)CCCN3)cc1OC. The van der Waals surface area contributed by atoms with Crippen LogP contribution >= 0.6 is 0 Å². The molecule has 25 heavy (non-hydrogen) atoms. The van der Waals surface area contributed by atoms with Gasteiger partial charge in [-0.1, -0.05) is 0 Å². The Morgan fingerprint density at radius 2 is 1.72 bits per heavy atom. The van der Waals surface area contributed by atoms with Crippen molar-refractivity contribution in [3.8, 4) is 17.2 Å². The molecule has 1 amide bonds. The van der Waals surface area contributed by atoms with Gasteiger partial charge in [-0.25, -0.2) is 0 Å². The smallest absolute Gasteiger partial charge is 0.259 e.